The van der Waals surface area contributed by atoms with Crippen LogP contribution in [0.1, 0.15) is 17.5 Å². The van der Waals surface area contributed by atoms with E-state index < -0.39 is 0 Å². The number of benzene rings is 2. The highest BCUT2D eigenvalue weighted by Crippen LogP contribution is 2.02. The van der Waals surface area contributed by atoms with E-state index in [4.69, 9.17) is 0 Å². The van der Waals surface area contributed by atoms with Gasteiger partial charge in [0.15, 0.2) is 0 Å². The van der Waals surface area contributed by atoms with Gasteiger partial charge in [0, 0.05) is 12.8 Å². The van der Waals surface area contributed by atoms with Gasteiger partial charge >= 0.3 is 0 Å². The molecule has 86 valence electrons. The molecule has 1 heteroatoms. The fraction of sp³-hybridized carbons (Fsp3) is 0.188. The van der Waals surface area contributed by atoms with Gasteiger partial charge in [-0.2, -0.15) is 0 Å². The number of aliphatic imine (C=N–C) groups is 1. The smallest absolute Gasteiger partial charge is 0.0392 e. The Balaban J connectivity index is 1.72. The highest BCUT2D eigenvalue weighted by atomic mass is 14.7. The van der Waals surface area contributed by atoms with Crippen LogP contribution in [-0.4, -0.2) is 12.8 Å². The molecule has 0 aromatic heterocycles. The zero-order valence-corrected chi connectivity index (χ0v) is 9.92. The Hall–Kier alpha value is -1.89. The second-order valence-corrected chi connectivity index (χ2v) is 4.04. The Morgan fingerprint density at radius 3 is 2.18 bits per heavy atom. The van der Waals surface area contributed by atoms with Gasteiger partial charge in [0.25, 0.3) is 0 Å². The van der Waals surface area contributed by atoms with Crippen molar-refractivity contribution in [3.8, 4) is 0 Å². The van der Waals surface area contributed by atoms with Crippen LogP contribution in [0, 0.1) is 0 Å². The maximum atomic E-state index is 4.43. The molecule has 0 bridgehead atoms. The maximum Gasteiger partial charge on any atom is 0.0392 e. The summed E-state index contributed by atoms with van der Waals surface area (Å²) in [6, 6.07) is 20.8. The highest BCUT2D eigenvalue weighted by molar-refractivity contribution is 5.79. The third-order valence-corrected chi connectivity index (χ3v) is 2.64. The highest BCUT2D eigenvalue weighted by Gasteiger charge is 1.90. The predicted octanol–water partition coefficient (Wildman–Crippen LogP) is 3.74. The fourth-order valence-corrected chi connectivity index (χ4v) is 1.73. The maximum absolute atomic E-state index is 4.43. The molecule has 0 atom stereocenters. The average Bonchev–Trinajstić information content (AvgIpc) is 2.41. The lowest BCUT2D eigenvalue weighted by Crippen LogP contribution is -1.89. The molecule has 0 aliphatic rings. The first-order chi connectivity index (χ1) is 8.45. The van der Waals surface area contributed by atoms with Gasteiger partial charge < -0.3 is 0 Å². The Kier molecular flexibility index (Phi) is 4.53. The summed E-state index contributed by atoms with van der Waals surface area (Å²) in [5.74, 6) is 0. The van der Waals surface area contributed by atoms with Gasteiger partial charge in [0.05, 0.1) is 0 Å². The fourth-order valence-electron chi connectivity index (χ4n) is 1.73. The number of aryl methyl sites for hydroxylation is 1. The van der Waals surface area contributed by atoms with Crippen LogP contribution in [0.3, 0.4) is 0 Å². The molecule has 0 N–H and O–H groups in total. The third-order valence-electron chi connectivity index (χ3n) is 2.64. The van der Waals surface area contributed by atoms with Crippen molar-refractivity contribution in [3.05, 3.63) is 71.8 Å². The molecule has 2 aromatic carbocycles. The summed E-state index contributed by atoms with van der Waals surface area (Å²) in [6.07, 6.45) is 4.16. The molecule has 0 unspecified atom stereocenters. The molecule has 17 heavy (non-hydrogen) atoms. The molecule has 0 spiro atoms. The van der Waals surface area contributed by atoms with Crippen molar-refractivity contribution in [1.29, 1.82) is 0 Å². The molecular formula is C16H17N. The first-order valence-electron chi connectivity index (χ1n) is 6.04. The van der Waals surface area contributed by atoms with Crippen LogP contribution < -0.4 is 0 Å². The van der Waals surface area contributed by atoms with Crippen molar-refractivity contribution in [3.63, 3.8) is 0 Å². The van der Waals surface area contributed by atoms with Gasteiger partial charge in [-0.05, 0) is 24.0 Å². The summed E-state index contributed by atoms with van der Waals surface area (Å²) in [4.78, 5) is 4.43. The summed E-state index contributed by atoms with van der Waals surface area (Å²) in [7, 11) is 0. The monoisotopic (exact) mass is 223 g/mol. The molecule has 1 nitrogen and oxygen atoms in total. The lowest BCUT2D eigenvalue weighted by atomic mass is 10.1. The lowest BCUT2D eigenvalue weighted by molar-refractivity contribution is 0.836. The van der Waals surface area contributed by atoms with E-state index in [1.54, 1.807) is 0 Å². The predicted molar refractivity (Wildman–Crippen MR) is 73.7 cm³/mol. The minimum absolute atomic E-state index is 0.893. The minimum atomic E-state index is 0.893. The van der Waals surface area contributed by atoms with Crippen LogP contribution in [0.5, 0.6) is 0 Å². The van der Waals surface area contributed by atoms with Crippen molar-refractivity contribution in [2.75, 3.05) is 6.54 Å². The number of rotatable bonds is 5. The van der Waals surface area contributed by atoms with Crippen LogP contribution in [0.25, 0.3) is 0 Å². The van der Waals surface area contributed by atoms with Crippen LogP contribution >= 0.6 is 0 Å². The molecule has 0 heterocycles. The largest absolute Gasteiger partial charge is 0.293 e. The summed E-state index contributed by atoms with van der Waals surface area (Å²) in [6.45, 7) is 0.893. The van der Waals surface area contributed by atoms with Gasteiger partial charge in [-0.25, -0.2) is 0 Å². The van der Waals surface area contributed by atoms with Crippen molar-refractivity contribution >= 4 is 6.21 Å². The van der Waals surface area contributed by atoms with Crippen LogP contribution in [0.2, 0.25) is 0 Å². The molecule has 0 amide bonds. The summed E-state index contributed by atoms with van der Waals surface area (Å²) < 4.78 is 0. The lowest BCUT2D eigenvalue weighted by Gasteiger charge is -1.98. The standard InChI is InChI=1S/C16H17N/c1-3-8-15(9-4-1)12-7-13-17-14-16-10-5-2-6-11-16/h1-6,8-11,14H,7,12-13H2. The minimum Gasteiger partial charge on any atom is -0.293 e. The third kappa shape index (κ3) is 4.23. The summed E-state index contributed by atoms with van der Waals surface area (Å²) >= 11 is 0. The topological polar surface area (TPSA) is 12.4 Å². The van der Waals surface area contributed by atoms with Crippen molar-refractivity contribution in [1.82, 2.24) is 0 Å². The van der Waals surface area contributed by atoms with Gasteiger partial charge in [-0.1, -0.05) is 60.7 Å². The van der Waals surface area contributed by atoms with Crippen molar-refractivity contribution in [2.24, 2.45) is 4.99 Å². The Labute approximate surface area is 103 Å². The van der Waals surface area contributed by atoms with E-state index in [0.717, 1.165) is 19.4 Å². The zero-order chi connectivity index (χ0) is 11.8. The second-order valence-electron chi connectivity index (χ2n) is 4.04. The molecule has 0 radical (unpaired) electrons. The van der Waals surface area contributed by atoms with Crippen LogP contribution in [-0.2, 0) is 6.42 Å². The molecule has 0 aliphatic carbocycles. The number of hydrogen-bond acceptors (Lipinski definition) is 1. The van der Waals surface area contributed by atoms with E-state index in [-0.39, 0.29) is 0 Å². The number of nitrogens with zero attached hydrogens (tertiary/aromatic N) is 1. The molecule has 0 saturated carbocycles. The van der Waals surface area contributed by atoms with Gasteiger partial charge in [0.1, 0.15) is 0 Å². The quantitative estimate of drug-likeness (QED) is 0.541. The molecule has 0 fully saturated rings. The van der Waals surface area contributed by atoms with E-state index in [1.165, 1.54) is 11.1 Å². The van der Waals surface area contributed by atoms with E-state index in [9.17, 15) is 0 Å². The van der Waals surface area contributed by atoms with Gasteiger partial charge in [0.2, 0.25) is 0 Å². The molecule has 0 aliphatic heterocycles. The normalized spacial score (nSPS) is 10.8. The first-order valence-corrected chi connectivity index (χ1v) is 6.04. The van der Waals surface area contributed by atoms with E-state index in [1.807, 2.05) is 24.4 Å². The van der Waals surface area contributed by atoms with Crippen molar-refractivity contribution in [2.45, 2.75) is 12.8 Å². The second kappa shape index (κ2) is 6.64. The van der Waals surface area contributed by atoms with E-state index >= 15 is 0 Å². The average molecular weight is 223 g/mol. The molecular weight excluding hydrogens is 206 g/mol. The SMILES string of the molecule is C(=NCCCc1ccccc1)c1ccccc1. The molecule has 2 rings (SSSR count). The molecule has 0 saturated heterocycles. The Morgan fingerprint density at radius 1 is 0.824 bits per heavy atom. The first kappa shape index (κ1) is 11.6. The van der Waals surface area contributed by atoms with Crippen molar-refractivity contribution < 1.29 is 0 Å². The summed E-state index contributed by atoms with van der Waals surface area (Å²) in [5, 5.41) is 0. The van der Waals surface area contributed by atoms with E-state index in [2.05, 4.69) is 47.5 Å². The Morgan fingerprint density at radius 2 is 1.47 bits per heavy atom. The van der Waals surface area contributed by atoms with Gasteiger partial charge in [-0.15, -0.1) is 0 Å². The zero-order valence-electron chi connectivity index (χ0n) is 9.92. The Bertz CT molecular complexity index is 445. The van der Waals surface area contributed by atoms with E-state index in [0.29, 0.717) is 0 Å². The van der Waals surface area contributed by atoms with Crippen LogP contribution in [0.15, 0.2) is 65.7 Å². The molecule has 2 aromatic rings. The number of hydrogen-bond donors (Lipinski definition) is 0. The van der Waals surface area contributed by atoms with Crippen LogP contribution in [0.4, 0.5) is 0 Å². The van der Waals surface area contributed by atoms with Gasteiger partial charge in [-0.3, -0.25) is 4.99 Å². The summed E-state index contributed by atoms with van der Waals surface area (Å²) in [5.41, 5.74) is 2.56.